The molecular formula is C107H67BrCl3F3O29S7. The van der Waals surface area contributed by atoms with Crippen molar-refractivity contribution in [1.29, 1.82) is 0 Å². The summed E-state index contributed by atoms with van der Waals surface area (Å²) in [5.41, 5.74) is -4.03. The fraction of sp³-hybridized carbons (Fsp3) is 0.0187. The van der Waals surface area contributed by atoms with Gasteiger partial charge in [0.25, 0.3) is 0 Å². The van der Waals surface area contributed by atoms with Crippen LogP contribution in [0.3, 0.4) is 0 Å². The SMILES string of the molecule is COc1ccc(S(=O)(=O)c2cc3ccccc3oc2=O)cc1.Cc1cc(S(=O)(=O)c2cc3ccccc3oc2=O)ccc1F.O=c1oc2ccccc2cc1S(=O)(=O)c1ccc(Br)cc1.O=c1oc2ccccc2cc1S(=O)(=O)c1ccc(Cl)cc1.O=c1oc2ccccc2cc1S(=O)(=O)c1ccc(F)c(Cl)c1.O=c1oc2ccccc2cc1S(=O)(=O)c1cccc(Cl)c1.O=c1oc2ccccc2cc1S(=O)(=O)c1ccccc1F. The van der Waals surface area contributed by atoms with Gasteiger partial charge in [-0.25, -0.2) is 106 Å². The molecule has 0 aliphatic carbocycles. The number of halogens is 7. The van der Waals surface area contributed by atoms with Crippen LogP contribution >= 0.6 is 50.7 Å². The standard InChI is InChI=1S/C16H11FO4S.C16H12O5S.C15H9BrO4S.C15H8ClFO4S.2C15H9ClO4S.C15H9FO4S/c1-10-8-12(6-7-13(10)17)22(19,20)15-9-11-4-2-3-5-14(11)21-16(15)18;1-20-12-6-8-13(9-7-12)22(18,19)15-10-11-4-2-3-5-14(11)21-16(15)17;16-11-5-7-12(8-6-11)21(18,19)14-9-10-3-1-2-4-13(10)20-15(14)17;16-11-8-10(5-6-12(11)17)22(19,20)14-7-9-3-1-2-4-13(9)21-15(14)18;16-11-5-3-6-12(9-11)21(18,19)14-8-10-4-1-2-7-13(10)20-15(14)17;16-11-5-7-12(8-6-11)21(18,19)14-9-10-3-1-2-4-13(10)20-15(14)17;16-11-6-2-4-8-13(11)21(18,19)14-9-10-5-1-3-7-12(10)20-15(14)17/h2-9H,1H3;2-10H,1H3;1-9H;1-8H;3*1-9H. The molecule has 21 aromatic rings. The van der Waals surface area contributed by atoms with E-state index in [1.807, 2.05) is 0 Å². The summed E-state index contributed by atoms with van der Waals surface area (Å²) in [6.45, 7) is 1.46. The molecule has 0 unspecified atom stereocenters. The lowest BCUT2D eigenvalue weighted by atomic mass is 10.2. The fourth-order valence-corrected chi connectivity index (χ4v) is 24.4. The number of benzene rings is 14. The first-order valence-electron chi connectivity index (χ1n) is 43.1. The maximum atomic E-state index is 13.7. The van der Waals surface area contributed by atoms with Crippen molar-refractivity contribution in [2.75, 3.05) is 7.11 Å². The highest BCUT2D eigenvalue weighted by atomic mass is 79.9. The third-order valence-electron chi connectivity index (χ3n) is 21.8. The molecule has 14 aromatic carbocycles. The van der Waals surface area contributed by atoms with Gasteiger partial charge in [-0.3, -0.25) is 0 Å². The Balaban J connectivity index is 0.000000131. The van der Waals surface area contributed by atoms with Crippen molar-refractivity contribution in [2.24, 2.45) is 0 Å². The minimum absolute atomic E-state index is 0.00511. The minimum Gasteiger partial charge on any atom is -0.497 e. The number of para-hydroxylation sites is 7. The number of ether oxygens (including phenoxy) is 1. The van der Waals surface area contributed by atoms with Gasteiger partial charge in [0.05, 0.1) is 41.5 Å². The summed E-state index contributed by atoms with van der Waals surface area (Å²) in [6, 6.07) is 90.2. The highest BCUT2D eigenvalue weighted by molar-refractivity contribution is 9.10. The van der Waals surface area contributed by atoms with Crippen LogP contribution in [0.2, 0.25) is 15.1 Å². The second-order valence-corrected chi connectivity index (χ2v) is 47.1. The molecule has 0 atom stereocenters. The first-order chi connectivity index (χ1) is 71.2. The maximum absolute atomic E-state index is 13.7. The maximum Gasteiger partial charge on any atom is 0.355 e. The van der Waals surface area contributed by atoms with Gasteiger partial charge in [0.1, 0.15) is 67.2 Å². The zero-order valence-corrected chi connectivity index (χ0v) is 86.1. The Morgan fingerprint density at radius 3 is 0.760 bits per heavy atom. The molecule has 0 radical (unpaired) electrons. The van der Waals surface area contributed by atoms with Crippen molar-refractivity contribution in [3.8, 4) is 5.75 Å². The van der Waals surface area contributed by atoms with E-state index in [-0.39, 0.29) is 70.8 Å². The topological polar surface area (TPSA) is 460 Å². The van der Waals surface area contributed by atoms with E-state index in [0.717, 1.165) is 46.9 Å². The monoisotopic (exact) mass is 2280 g/mol. The van der Waals surface area contributed by atoms with Crippen molar-refractivity contribution in [2.45, 2.75) is 75.5 Å². The lowest BCUT2D eigenvalue weighted by Crippen LogP contribution is -2.15. The third-order valence-corrected chi connectivity index (χ3v) is 35.3. The number of methoxy groups -OCH3 is 1. The fourth-order valence-electron chi connectivity index (χ4n) is 14.2. The normalized spacial score (nSPS) is 11.7. The van der Waals surface area contributed by atoms with Crippen molar-refractivity contribution < 1.29 is 108 Å². The third kappa shape index (κ3) is 23.9. The van der Waals surface area contributed by atoms with Crippen LogP contribution in [0.15, 0.2) is 508 Å². The Bertz CT molecular complexity index is 9940. The minimum atomic E-state index is -4.27. The first kappa shape index (κ1) is 108. The number of hydrogen-bond donors (Lipinski definition) is 0. The average molecular weight is 2280 g/mol. The van der Waals surface area contributed by atoms with Crippen LogP contribution in [-0.4, -0.2) is 66.0 Å². The van der Waals surface area contributed by atoms with Crippen LogP contribution in [0.25, 0.3) is 76.8 Å². The number of fused-ring (bicyclic) bond motifs is 7. The summed E-state index contributed by atoms with van der Waals surface area (Å²) in [7, 11) is -26.8. The van der Waals surface area contributed by atoms with Crippen molar-refractivity contribution in [3.63, 3.8) is 0 Å². The van der Waals surface area contributed by atoms with Crippen LogP contribution in [0, 0.1) is 24.4 Å². The van der Waals surface area contributed by atoms with E-state index < -0.39 is 150 Å². The van der Waals surface area contributed by atoms with Gasteiger partial charge in [-0.05, 0) is 237 Å². The summed E-state index contributed by atoms with van der Waals surface area (Å²) in [6.07, 6.45) is 0. The Morgan fingerprint density at radius 1 is 0.227 bits per heavy atom. The van der Waals surface area contributed by atoms with E-state index in [2.05, 4.69) is 15.9 Å². The van der Waals surface area contributed by atoms with E-state index in [1.54, 1.807) is 188 Å². The second kappa shape index (κ2) is 45.1. The van der Waals surface area contributed by atoms with Gasteiger partial charge in [0, 0.05) is 52.2 Å². The predicted molar refractivity (Wildman–Crippen MR) is 555 cm³/mol. The van der Waals surface area contributed by atoms with Crippen LogP contribution in [-0.2, 0) is 68.9 Å². The summed E-state index contributed by atoms with van der Waals surface area (Å²) in [4.78, 5) is 79.7. The van der Waals surface area contributed by atoms with Gasteiger partial charge in [0.15, 0.2) is 34.3 Å². The Labute approximate surface area is 870 Å². The molecule has 29 nitrogen and oxygen atoms in total. The highest BCUT2D eigenvalue weighted by Gasteiger charge is 2.32. The molecule has 0 saturated heterocycles. The molecule has 760 valence electrons. The highest BCUT2D eigenvalue weighted by Crippen LogP contribution is 2.34. The van der Waals surface area contributed by atoms with Gasteiger partial charge < -0.3 is 35.7 Å². The molecule has 7 aromatic heterocycles. The molecule has 0 saturated carbocycles. The van der Waals surface area contributed by atoms with E-state index in [4.69, 9.17) is 70.5 Å². The molecule has 0 aliphatic heterocycles. The molecule has 21 rings (SSSR count). The first-order valence-corrected chi connectivity index (χ1v) is 55.4. The molecule has 43 heteroatoms. The largest absolute Gasteiger partial charge is 0.497 e. The van der Waals surface area contributed by atoms with Gasteiger partial charge in [-0.1, -0.05) is 196 Å². The summed E-state index contributed by atoms with van der Waals surface area (Å²) >= 11 is 20.4. The van der Waals surface area contributed by atoms with Crippen LogP contribution in [0.1, 0.15) is 5.56 Å². The van der Waals surface area contributed by atoms with Crippen molar-refractivity contribution in [3.05, 3.63) is 486 Å². The van der Waals surface area contributed by atoms with E-state index >= 15 is 0 Å². The second-order valence-electron chi connectivity index (χ2n) is 31.5. The molecule has 0 N–H and O–H groups in total. The quantitative estimate of drug-likeness (QED) is 0.0679. The molecule has 0 amide bonds. The number of aryl methyl sites for hydroxylation is 1. The molecule has 0 bridgehead atoms. The van der Waals surface area contributed by atoms with Crippen molar-refractivity contribution in [1.82, 2.24) is 0 Å². The zero-order chi connectivity index (χ0) is 108. The van der Waals surface area contributed by atoms with E-state index in [0.29, 0.717) is 76.4 Å². The molecule has 150 heavy (non-hydrogen) atoms. The van der Waals surface area contributed by atoms with Gasteiger partial charge in [-0.2, -0.15) is 0 Å². The van der Waals surface area contributed by atoms with Crippen molar-refractivity contribution >= 4 is 196 Å². The number of rotatable bonds is 15. The van der Waals surface area contributed by atoms with Crippen LogP contribution in [0.4, 0.5) is 13.2 Å². The lowest BCUT2D eigenvalue weighted by Gasteiger charge is -2.06. The molecule has 0 aliphatic rings. The van der Waals surface area contributed by atoms with E-state index in [1.165, 1.54) is 154 Å². The van der Waals surface area contributed by atoms with Gasteiger partial charge in [-0.15, -0.1) is 0 Å². The molecule has 7 heterocycles. The Morgan fingerprint density at radius 2 is 0.473 bits per heavy atom. The van der Waals surface area contributed by atoms with Crippen LogP contribution in [0.5, 0.6) is 5.75 Å². The van der Waals surface area contributed by atoms with Crippen LogP contribution < -0.4 is 44.1 Å². The summed E-state index contributed by atoms with van der Waals surface area (Å²) in [5, 5.41) is 3.97. The number of hydrogen-bond acceptors (Lipinski definition) is 29. The zero-order valence-electron chi connectivity index (χ0n) is 76.6. The Hall–Kier alpha value is -15.9. The van der Waals surface area contributed by atoms with E-state index in [9.17, 15) is 106 Å². The van der Waals surface area contributed by atoms with Gasteiger partial charge >= 0.3 is 39.4 Å². The smallest absolute Gasteiger partial charge is 0.355 e. The van der Waals surface area contributed by atoms with Gasteiger partial charge in [0.2, 0.25) is 68.9 Å². The molecule has 0 fully saturated rings. The summed E-state index contributed by atoms with van der Waals surface area (Å²) < 4.78 is 257. The molecular weight excluding hydrogens is 2220 g/mol. The average Bonchev–Trinajstić information content (AvgIpc) is 0.784. The Kier molecular flexibility index (Phi) is 32.5. The summed E-state index contributed by atoms with van der Waals surface area (Å²) in [5.74, 6) is -1.63. The predicted octanol–water partition coefficient (Wildman–Crippen LogP) is 21.8. The molecule has 0 spiro atoms. The lowest BCUT2D eigenvalue weighted by molar-refractivity contribution is 0.414. The number of sulfone groups is 7.